The quantitative estimate of drug-likeness (QED) is 0.425. The van der Waals surface area contributed by atoms with E-state index in [2.05, 4.69) is 0 Å². The first-order valence-electron chi connectivity index (χ1n) is 4.55. The van der Waals surface area contributed by atoms with Crippen molar-refractivity contribution in [2.24, 2.45) is 0 Å². The van der Waals surface area contributed by atoms with E-state index in [4.69, 9.17) is 4.74 Å². The third-order valence-electron chi connectivity index (χ3n) is 2.02. The predicted molar refractivity (Wildman–Crippen MR) is 59.6 cm³/mol. The van der Waals surface area contributed by atoms with E-state index in [1.165, 1.54) is 31.4 Å². The van der Waals surface area contributed by atoms with Gasteiger partial charge in [-0.25, -0.2) is 16.8 Å². The molecule has 0 spiro atoms. The van der Waals surface area contributed by atoms with Crippen molar-refractivity contribution < 1.29 is 55.7 Å². The van der Waals surface area contributed by atoms with Crippen molar-refractivity contribution in [2.75, 3.05) is 18.6 Å². The van der Waals surface area contributed by atoms with Gasteiger partial charge in [0.1, 0.15) is 5.75 Å². The molecule has 18 heavy (non-hydrogen) atoms. The molecule has 0 saturated heterocycles. The van der Waals surface area contributed by atoms with E-state index in [-0.39, 0.29) is 34.5 Å². The fourth-order valence-corrected chi connectivity index (χ4v) is 3.59. The van der Waals surface area contributed by atoms with Gasteiger partial charge >= 0.3 is 29.6 Å². The summed E-state index contributed by atoms with van der Waals surface area (Å²) >= 11 is 0. The molecule has 0 aliphatic heterocycles. The zero-order valence-corrected chi connectivity index (χ0v) is 13.6. The van der Waals surface area contributed by atoms with Crippen LogP contribution < -0.4 is 34.3 Å². The molecule has 6 nitrogen and oxygen atoms in total. The van der Waals surface area contributed by atoms with Crippen molar-refractivity contribution in [3.8, 4) is 5.75 Å². The molecule has 1 aromatic rings. The predicted octanol–water partition coefficient (Wildman–Crippen LogP) is -2.98. The number of rotatable bonds is 5. The van der Waals surface area contributed by atoms with E-state index in [0.717, 1.165) is 0 Å². The van der Waals surface area contributed by atoms with Crippen molar-refractivity contribution in [1.82, 2.24) is 0 Å². The van der Waals surface area contributed by atoms with Crippen LogP contribution in [-0.2, 0) is 20.0 Å². The molecule has 0 saturated carbocycles. The van der Waals surface area contributed by atoms with Gasteiger partial charge in [0.05, 0.1) is 33.6 Å². The minimum Gasteiger partial charge on any atom is -0.748 e. The molecule has 96 valence electrons. The minimum absolute atomic E-state index is 0. The van der Waals surface area contributed by atoms with E-state index in [1.54, 1.807) is 0 Å². The maximum atomic E-state index is 11.6. The average molecular weight is 302 g/mol. The molecule has 0 aromatic heterocycles. The summed E-state index contributed by atoms with van der Waals surface area (Å²) in [6.45, 7) is 0. The van der Waals surface area contributed by atoms with Crippen LogP contribution in [0.5, 0.6) is 5.75 Å². The van der Waals surface area contributed by atoms with Crippen molar-refractivity contribution in [1.29, 1.82) is 0 Å². The summed E-state index contributed by atoms with van der Waals surface area (Å²) in [6.07, 6.45) is 0. The van der Waals surface area contributed by atoms with Crippen LogP contribution in [0.3, 0.4) is 0 Å². The van der Waals surface area contributed by atoms with Crippen LogP contribution in [-0.4, -0.2) is 40.0 Å². The maximum absolute atomic E-state index is 11.6. The number of ether oxygens (including phenoxy) is 1. The molecule has 0 atom stereocenters. The van der Waals surface area contributed by atoms with E-state index >= 15 is 0 Å². The number of sulfone groups is 1. The normalized spacial score (nSPS) is 11.7. The Balaban J connectivity index is 0.00000289. The third kappa shape index (κ3) is 5.68. The Morgan fingerprint density at radius 1 is 1.06 bits per heavy atom. The van der Waals surface area contributed by atoms with Crippen LogP contribution in [0.25, 0.3) is 0 Å². The average Bonchev–Trinajstić information content (AvgIpc) is 2.26. The molecule has 0 unspecified atom stereocenters. The number of benzene rings is 1. The van der Waals surface area contributed by atoms with Gasteiger partial charge in [0.2, 0.25) is 0 Å². The van der Waals surface area contributed by atoms with E-state index < -0.39 is 31.5 Å². The van der Waals surface area contributed by atoms with Crippen LogP contribution in [0.2, 0.25) is 0 Å². The topological polar surface area (TPSA) is 101 Å². The first-order valence-corrected chi connectivity index (χ1v) is 7.78. The van der Waals surface area contributed by atoms with Crippen molar-refractivity contribution >= 4 is 20.0 Å². The van der Waals surface area contributed by atoms with Crippen molar-refractivity contribution in [3.05, 3.63) is 24.3 Å². The molecular formula is C9H11NaO6S2. The maximum Gasteiger partial charge on any atom is 1.00 e. The van der Waals surface area contributed by atoms with Gasteiger partial charge in [-0.2, -0.15) is 0 Å². The largest absolute Gasteiger partial charge is 1.00 e. The summed E-state index contributed by atoms with van der Waals surface area (Å²) < 4.78 is 59.2. The van der Waals surface area contributed by atoms with E-state index in [1.807, 2.05) is 0 Å². The summed E-state index contributed by atoms with van der Waals surface area (Å²) in [5, 5.41) is 0. The Labute approximate surface area is 128 Å². The van der Waals surface area contributed by atoms with Gasteiger partial charge in [0, 0.05) is 0 Å². The first-order chi connectivity index (χ1) is 7.74. The first kappa shape index (κ1) is 17.9. The Morgan fingerprint density at radius 3 is 1.94 bits per heavy atom. The van der Waals surface area contributed by atoms with Crippen molar-refractivity contribution in [3.63, 3.8) is 0 Å². The minimum atomic E-state index is -4.53. The molecule has 0 amide bonds. The summed E-state index contributed by atoms with van der Waals surface area (Å²) in [6, 6.07) is 5.48. The second-order valence-corrected chi connectivity index (χ2v) is 6.89. The van der Waals surface area contributed by atoms with Gasteiger partial charge in [-0.1, -0.05) is 0 Å². The van der Waals surface area contributed by atoms with Crippen LogP contribution in [0.1, 0.15) is 0 Å². The van der Waals surface area contributed by atoms with Gasteiger partial charge in [-0.3, -0.25) is 0 Å². The molecule has 1 rings (SSSR count). The molecule has 0 bridgehead atoms. The number of hydrogen-bond donors (Lipinski definition) is 0. The molecule has 0 heterocycles. The molecule has 0 aliphatic rings. The summed E-state index contributed by atoms with van der Waals surface area (Å²) in [7, 11) is -6.85. The second-order valence-electron chi connectivity index (χ2n) is 3.26. The standard InChI is InChI=1S/C9H12O6S2.Na/c1-15-8-2-4-9(5-3-8)16(10,11)6-7-17(12,13)14;/h2-5H,6-7H2,1H3,(H,12,13,14);/q;+1/p-1. The van der Waals surface area contributed by atoms with Gasteiger partial charge in [0.25, 0.3) is 0 Å². The SMILES string of the molecule is COc1ccc(S(=O)(=O)CCS(=O)(=O)[O-])cc1.[Na+]. The Hall–Kier alpha value is -0.120. The van der Waals surface area contributed by atoms with Crippen LogP contribution in [0.4, 0.5) is 0 Å². The van der Waals surface area contributed by atoms with E-state index in [0.29, 0.717) is 5.75 Å². The van der Waals surface area contributed by atoms with Gasteiger partial charge < -0.3 is 9.29 Å². The fourth-order valence-electron chi connectivity index (χ4n) is 1.11. The molecular weight excluding hydrogens is 291 g/mol. The summed E-state index contributed by atoms with van der Waals surface area (Å²) in [5.74, 6) is -1.16. The zero-order chi connectivity index (χ0) is 13.1. The van der Waals surface area contributed by atoms with Gasteiger partial charge in [-0.15, -0.1) is 0 Å². The Bertz CT molecular complexity index is 576. The van der Waals surface area contributed by atoms with Crippen molar-refractivity contribution in [2.45, 2.75) is 4.90 Å². The Kier molecular flexibility index (Phi) is 6.83. The summed E-state index contributed by atoms with van der Waals surface area (Å²) in [4.78, 5) is -0.0399. The van der Waals surface area contributed by atoms with Crippen LogP contribution in [0.15, 0.2) is 29.2 Å². The fraction of sp³-hybridized carbons (Fsp3) is 0.333. The third-order valence-corrected chi connectivity index (χ3v) is 4.72. The molecule has 0 fully saturated rings. The zero-order valence-electron chi connectivity index (χ0n) is 9.99. The van der Waals surface area contributed by atoms with Gasteiger partial charge in [-0.05, 0) is 24.3 Å². The number of hydrogen-bond acceptors (Lipinski definition) is 6. The van der Waals surface area contributed by atoms with Crippen LogP contribution >= 0.6 is 0 Å². The Morgan fingerprint density at radius 2 is 1.56 bits per heavy atom. The van der Waals surface area contributed by atoms with Crippen LogP contribution in [0, 0.1) is 0 Å². The smallest absolute Gasteiger partial charge is 0.748 e. The molecule has 0 radical (unpaired) electrons. The monoisotopic (exact) mass is 302 g/mol. The summed E-state index contributed by atoms with van der Waals surface area (Å²) in [5.41, 5.74) is 0. The molecule has 9 heteroatoms. The van der Waals surface area contributed by atoms with E-state index in [9.17, 15) is 21.4 Å². The molecule has 0 N–H and O–H groups in total. The van der Waals surface area contributed by atoms with Gasteiger partial charge in [0.15, 0.2) is 9.84 Å². The molecule has 1 aromatic carbocycles. The second kappa shape index (κ2) is 6.88. The number of methoxy groups -OCH3 is 1. The molecule has 0 aliphatic carbocycles.